The van der Waals surface area contributed by atoms with Gasteiger partial charge < -0.3 is 15.4 Å². The van der Waals surface area contributed by atoms with Gasteiger partial charge in [-0.25, -0.2) is 4.79 Å². The van der Waals surface area contributed by atoms with Crippen molar-refractivity contribution < 1.29 is 19.1 Å². The Morgan fingerprint density at radius 2 is 1.48 bits per heavy atom. The highest BCUT2D eigenvalue weighted by Crippen LogP contribution is 2.26. The molecule has 0 aliphatic carbocycles. The van der Waals surface area contributed by atoms with Crippen molar-refractivity contribution in [3.05, 3.63) is 54.1 Å². The van der Waals surface area contributed by atoms with Crippen LogP contribution in [0.3, 0.4) is 0 Å². The van der Waals surface area contributed by atoms with Gasteiger partial charge >= 0.3 is 5.97 Å². The van der Waals surface area contributed by atoms with Gasteiger partial charge in [0.25, 0.3) is 0 Å². The number of carbonyl (C=O) groups excluding carboxylic acids is 3. The second-order valence-corrected chi connectivity index (χ2v) is 9.77. The highest BCUT2D eigenvalue weighted by Gasteiger charge is 2.17. The lowest BCUT2D eigenvalue weighted by molar-refractivity contribution is -0.118. The van der Waals surface area contributed by atoms with E-state index in [2.05, 4.69) is 10.6 Å². The van der Waals surface area contributed by atoms with Crippen LogP contribution in [0, 0.1) is 5.41 Å². The van der Waals surface area contributed by atoms with Crippen LogP contribution in [-0.4, -0.2) is 29.6 Å². The minimum absolute atomic E-state index is 0.0189. The average Bonchev–Trinajstić information content (AvgIpc) is 2.68. The van der Waals surface area contributed by atoms with Gasteiger partial charge in [0, 0.05) is 22.7 Å². The normalized spacial score (nSPS) is 12.0. The first kappa shape index (κ1) is 24.5. The number of esters is 1. The van der Waals surface area contributed by atoms with Crippen LogP contribution in [-0.2, 0) is 14.3 Å². The summed E-state index contributed by atoms with van der Waals surface area (Å²) in [5, 5.41) is 5.42. The van der Waals surface area contributed by atoms with Gasteiger partial charge in [0.1, 0.15) is 0 Å². The molecule has 2 amide bonds. The van der Waals surface area contributed by atoms with Crippen LogP contribution in [0.1, 0.15) is 51.4 Å². The lowest BCUT2D eigenvalue weighted by atomic mass is 9.92. The monoisotopic (exact) mass is 442 g/mol. The zero-order valence-corrected chi connectivity index (χ0v) is 19.5. The third-order valence-electron chi connectivity index (χ3n) is 4.17. The highest BCUT2D eigenvalue weighted by atomic mass is 32.2. The van der Waals surface area contributed by atoms with Gasteiger partial charge in [-0.3, -0.25) is 9.59 Å². The highest BCUT2D eigenvalue weighted by molar-refractivity contribution is 8.00. The number of rotatable bonds is 8. The summed E-state index contributed by atoms with van der Waals surface area (Å²) >= 11 is 1.42. The molecule has 0 saturated heterocycles. The number of hydrogen-bond donors (Lipinski definition) is 2. The minimum atomic E-state index is -0.387. The maximum absolute atomic E-state index is 12.5. The Labute approximate surface area is 188 Å². The Balaban J connectivity index is 1.88. The van der Waals surface area contributed by atoms with Crippen molar-refractivity contribution in [2.45, 2.75) is 51.2 Å². The van der Waals surface area contributed by atoms with Gasteiger partial charge in [-0.05, 0) is 67.8 Å². The second-order valence-electron chi connectivity index (χ2n) is 8.36. The van der Waals surface area contributed by atoms with Crippen LogP contribution >= 0.6 is 11.8 Å². The van der Waals surface area contributed by atoms with Gasteiger partial charge in [0.2, 0.25) is 11.8 Å². The lowest BCUT2D eigenvalue weighted by Gasteiger charge is -2.17. The van der Waals surface area contributed by atoms with E-state index in [9.17, 15) is 14.4 Å². The van der Waals surface area contributed by atoms with Gasteiger partial charge in [0.15, 0.2) is 0 Å². The van der Waals surface area contributed by atoms with E-state index in [4.69, 9.17) is 4.74 Å². The number of benzene rings is 2. The Morgan fingerprint density at radius 1 is 0.935 bits per heavy atom. The fourth-order valence-corrected chi connectivity index (χ4v) is 3.58. The molecule has 2 rings (SSSR count). The molecule has 31 heavy (non-hydrogen) atoms. The molecule has 2 aromatic rings. The maximum Gasteiger partial charge on any atom is 0.338 e. The molecule has 1 unspecified atom stereocenters. The third-order valence-corrected chi connectivity index (χ3v) is 5.29. The summed E-state index contributed by atoms with van der Waals surface area (Å²) in [7, 11) is 0. The van der Waals surface area contributed by atoms with Crippen molar-refractivity contribution in [2.24, 2.45) is 5.41 Å². The summed E-state index contributed by atoms with van der Waals surface area (Å²) in [6, 6.07) is 14.0. The largest absolute Gasteiger partial charge is 0.462 e. The van der Waals surface area contributed by atoms with Crippen LogP contribution in [0.25, 0.3) is 0 Å². The topological polar surface area (TPSA) is 84.5 Å². The maximum atomic E-state index is 12.5. The molecular formula is C24H30N2O4S. The van der Waals surface area contributed by atoms with Crippen LogP contribution in [0.4, 0.5) is 11.4 Å². The van der Waals surface area contributed by atoms with Crippen molar-refractivity contribution in [3.8, 4) is 0 Å². The quantitative estimate of drug-likeness (QED) is 0.425. The zero-order chi connectivity index (χ0) is 23.0. The number of hydrogen-bond acceptors (Lipinski definition) is 5. The Kier molecular flexibility index (Phi) is 8.68. The summed E-state index contributed by atoms with van der Waals surface area (Å²) < 4.78 is 4.95. The van der Waals surface area contributed by atoms with Crippen molar-refractivity contribution in [3.63, 3.8) is 0 Å². The molecule has 6 nitrogen and oxygen atoms in total. The van der Waals surface area contributed by atoms with Gasteiger partial charge in [0.05, 0.1) is 17.4 Å². The molecule has 166 valence electrons. The molecule has 1 atom stereocenters. The van der Waals surface area contributed by atoms with Gasteiger partial charge in [-0.15, -0.1) is 11.8 Å². The molecule has 0 bridgehead atoms. The standard InChI is InChI=1S/C24H30N2O4S/c1-6-30-23(29)17-7-9-19(10-8-17)26-22(28)16(2)31-20-13-11-18(12-14-20)25-21(27)15-24(3,4)5/h7-14,16H,6,15H2,1-5H3,(H,25,27)(H,26,28). The molecule has 0 radical (unpaired) electrons. The van der Waals surface area contributed by atoms with Crippen molar-refractivity contribution in [2.75, 3.05) is 17.2 Å². The van der Waals surface area contributed by atoms with Crippen LogP contribution in [0.2, 0.25) is 0 Å². The number of anilines is 2. The summed E-state index contributed by atoms with van der Waals surface area (Å²) in [6.45, 7) is 9.96. The van der Waals surface area contributed by atoms with Gasteiger partial charge in [-0.1, -0.05) is 20.8 Å². The SMILES string of the molecule is CCOC(=O)c1ccc(NC(=O)C(C)Sc2ccc(NC(=O)CC(C)(C)C)cc2)cc1. The third kappa shape index (κ3) is 8.45. The molecule has 0 saturated carbocycles. The summed E-state index contributed by atoms with van der Waals surface area (Å²) in [5.41, 5.74) is 1.72. The van der Waals surface area contributed by atoms with E-state index in [1.165, 1.54) is 11.8 Å². The fraction of sp³-hybridized carbons (Fsp3) is 0.375. The Bertz CT molecular complexity index is 903. The molecular weight excluding hydrogens is 412 g/mol. The lowest BCUT2D eigenvalue weighted by Crippen LogP contribution is -2.22. The minimum Gasteiger partial charge on any atom is -0.462 e. The second kappa shape index (κ2) is 11.0. The first-order valence-electron chi connectivity index (χ1n) is 10.2. The molecule has 2 aromatic carbocycles. The zero-order valence-electron chi connectivity index (χ0n) is 18.7. The summed E-state index contributed by atoms with van der Waals surface area (Å²) in [6.07, 6.45) is 0.446. The predicted molar refractivity (Wildman–Crippen MR) is 125 cm³/mol. The molecule has 0 aliphatic heterocycles. The van der Waals surface area contributed by atoms with Crippen molar-refractivity contribution in [1.82, 2.24) is 0 Å². The van der Waals surface area contributed by atoms with E-state index in [0.717, 1.165) is 10.6 Å². The van der Waals surface area contributed by atoms with Crippen molar-refractivity contribution in [1.29, 1.82) is 0 Å². The number of thioether (sulfide) groups is 1. The molecule has 0 aromatic heterocycles. The van der Waals surface area contributed by atoms with Crippen LogP contribution in [0.5, 0.6) is 0 Å². The summed E-state index contributed by atoms with van der Waals surface area (Å²) in [5.74, 6) is -0.548. The van der Waals surface area contributed by atoms with E-state index in [-0.39, 0.29) is 28.4 Å². The first-order valence-corrected chi connectivity index (χ1v) is 11.1. The van der Waals surface area contributed by atoms with E-state index < -0.39 is 0 Å². The van der Waals surface area contributed by atoms with Crippen LogP contribution < -0.4 is 10.6 Å². The molecule has 0 fully saturated rings. The number of carbonyl (C=O) groups is 3. The number of amides is 2. The molecule has 2 N–H and O–H groups in total. The predicted octanol–water partition coefficient (Wildman–Crippen LogP) is 5.36. The molecule has 0 heterocycles. The smallest absolute Gasteiger partial charge is 0.338 e. The van der Waals surface area contributed by atoms with E-state index in [0.29, 0.717) is 24.3 Å². The Hall–Kier alpha value is -2.80. The number of ether oxygens (including phenoxy) is 1. The van der Waals surface area contributed by atoms with Gasteiger partial charge in [-0.2, -0.15) is 0 Å². The number of nitrogens with one attached hydrogen (secondary N) is 2. The van der Waals surface area contributed by atoms with Crippen LogP contribution in [0.15, 0.2) is 53.4 Å². The van der Waals surface area contributed by atoms with E-state index in [1.54, 1.807) is 31.2 Å². The molecule has 0 aliphatic rings. The fourth-order valence-electron chi connectivity index (χ4n) is 2.71. The van der Waals surface area contributed by atoms with E-state index in [1.807, 2.05) is 52.0 Å². The van der Waals surface area contributed by atoms with Crippen molar-refractivity contribution >= 4 is 40.9 Å². The Morgan fingerprint density at radius 3 is 2.03 bits per heavy atom. The summed E-state index contributed by atoms with van der Waals surface area (Å²) in [4.78, 5) is 37.2. The molecule has 0 spiro atoms. The molecule has 7 heteroatoms. The van der Waals surface area contributed by atoms with E-state index >= 15 is 0 Å². The average molecular weight is 443 g/mol. The first-order chi connectivity index (χ1) is 14.6.